The second kappa shape index (κ2) is 7.96. The SMILES string of the molecule is CC1CCN(CCC(C#N)(Cc2ccccc2)c2cccs2)CC1. The highest BCUT2D eigenvalue weighted by Gasteiger charge is 2.34. The first-order valence-corrected chi connectivity index (χ1v) is 9.81. The van der Waals surface area contributed by atoms with Crippen molar-refractivity contribution in [3.63, 3.8) is 0 Å². The Hall–Kier alpha value is -1.63. The van der Waals surface area contributed by atoms with Crippen molar-refractivity contribution in [2.75, 3.05) is 19.6 Å². The van der Waals surface area contributed by atoms with E-state index in [1.807, 2.05) is 6.07 Å². The number of rotatable bonds is 6. The van der Waals surface area contributed by atoms with Crippen LogP contribution in [0.3, 0.4) is 0 Å². The van der Waals surface area contributed by atoms with Crippen LogP contribution >= 0.6 is 11.3 Å². The molecule has 0 radical (unpaired) electrons. The van der Waals surface area contributed by atoms with Gasteiger partial charge in [-0.05, 0) is 61.7 Å². The highest BCUT2D eigenvalue weighted by Crippen LogP contribution is 2.35. The number of thiophene rings is 1. The highest BCUT2D eigenvalue weighted by molar-refractivity contribution is 7.10. The Kier molecular flexibility index (Phi) is 5.71. The van der Waals surface area contributed by atoms with Gasteiger partial charge in [0.25, 0.3) is 0 Å². The molecule has 0 amide bonds. The van der Waals surface area contributed by atoms with Gasteiger partial charge in [0.2, 0.25) is 0 Å². The number of nitrogens with zero attached hydrogens (tertiary/aromatic N) is 2. The van der Waals surface area contributed by atoms with Gasteiger partial charge in [0, 0.05) is 11.4 Å². The Labute approximate surface area is 149 Å². The Balaban J connectivity index is 1.76. The lowest BCUT2D eigenvalue weighted by Crippen LogP contribution is -2.38. The predicted molar refractivity (Wildman–Crippen MR) is 101 cm³/mol. The van der Waals surface area contributed by atoms with Crippen molar-refractivity contribution in [3.05, 3.63) is 58.3 Å². The summed E-state index contributed by atoms with van der Waals surface area (Å²) in [5.41, 5.74) is 0.846. The van der Waals surface area contributed by atoms with Crippen LogP contribution in [0.5, 0.6) is 0 Å². The lowest BCUT2D eigenvalue weighted by Gasteiger charge is -2.33. The highest BCUT2D eigenvalue weighted by atomic mass is 32.1. The van der Waals surface area contributed by atoms with Crippen molar-refractivity contribution < 1.29 is 0 Å². The van der Waals surface area contributed by atoms with Gasteiger partial charge in [-0.25, -0.2) is 0 Å². The molecule has 0 spiro atoms. The van der Waals surface area contributed by atoms with Gasteiger partial charge in [-0.2, -0.15) is 5.26 Å². The van der Waals surface area contributed by atoms with E-state index in [9.17, 15) is 5.26 Å². The number of hydrogen-bond acceptors (Lipinski definition) is 3. The Morgan fingerprint density at radius 1 is 1.17 bits per heavy atom. The van der Waals surface area contributed by atoms with E-state index in [-0.39, 0.29) is 0 Å². The number of benzene rings is 1. The molecule has 1 aromatic carbocycles. The fraction of sp³-hybridized carbons (Fsp3) is 0.476. The topological polar surface area (TPSA) is 27.0 Å². The molecule has 2 heterocycles. The lowest BCUT2D eigenvalue weighted by molar-refractivity contribution is 0.181. The first-order valence-electron chi connectivity index (χ1n) is 8.93. The fourth-order valence-corrected chi connectivity index (χ4v) is 4.49. The molecule has 126 valence electrons. The minimum absolute atomic E-state index is 0.404. The molecule has 1 fully saturated rings. The summed E-state index contributed by atoms with van der Waals surface area (Å²) in [6, 6.07) is 17.4. The maximum Gasteiger partial charge on any atom is 0.0966 e. The maximum absolute atomic E-state index is 10.1. The quantitative estimate of drug-likeness (QED) is 0.751. The van der Waals surface area contributed by atoms with Gasteiger partial charge in [0.15, 0.2) is 0 Å². The van der Waals surface area contributed by atoms with Crippen LogP contribution < -0.4 is 0 Å². The first-order chi connectivity index (χ1) is 11.7. The third kappa shape index (κ3) is 4.06. The van der Waals surface area contributed by atoms with E-state index in [1.165, 1.54) is 36.4 Å². The van der Waals surface area contributed by atoms with E-state index in [0.717, 1.165) is 25.3 Å². The molecule has 1 atom stereocenters. The predicted octanol–water partition coefficient (Wildman–Crippen LogP) is 4.87. The molecular weight excluding hydrogens is 312 g/mol. The number of hydrogen-bond donors (Lipinski definition) is 0. The van der Waals surface area contributed by atoms with Gasteiger partial charge in [-0.3, -0.25) is 0 Å². The normalized spacial score (nSPS) is 18.8. The average molecular weight is 339 g/mol. The van der Waals surface area contributed by atoms with Crippen LogP contribution in [0.4, 0.5) is 0 Å². The van der Waals surface area contributed by atoms with Crippen molar-refractivity contribution >= 4 is 11.3 Å². The summed E-state index contributed by atoms with van der Waals surface area (Å²) in [7, 11) is 0. The van der Waals surface area contributed by atoms with Crippen LogP contribution in [0.1, 0.15) is 36.6 Å². The minimum Gasteiger partial charge on any atom is -0.303 e. The van der Waals surface area contributed by atoms with Crippen LogP contribution in [0.2, 0.25) is 0 Å². The van der Waals surface area contributed by atoms with Gasteiger partial charge in [0.05, 0.1) is 11.5 Å². The van der Waals surface area contributed by atoms with Crippen molar-refractivity contribution in [1.29, 1.82) is 5.26 Å². The fourth-order valence-electron chi connectivity index (χ4n) is 3.58. The van der Waals surface area contributed by atoms with E-state index < -0.39 is 5.41 Å². The molecule has 2 aromatic rings. The molecule has 24 heavy (non-hydrogen) atoms. The molecule has 0 N–H and O–H groups in total. The van der Waals surface area contributed by atoms with Crippen molar-refractivity contribution in [2.45, 2.75) is 38.0 Å². The van der Waals surface area contributed by atoms with Gasteiger partial charge < -0.3 is 4.90 Å². The summed E-state index contributed by atoms with van der Waals surface area (Å²) in [4.78, 5) is 3.75. The summed E-state index contributed by atoms with van der Waals surface area (Å²) in [5, 5.41) is 12.2. The zero-order valence-corrected chi connectivity index (χ0v) is 15.3. The van der Waals surface area contributed by atoms with E-state index in [2.05, 4.69) is 59.7 Å². The number of piperidine rings is 1. The molecule has 1 unspecified atom stereocenters. The van der Waals surface area contributed by atoms with E-state index in [0.29, 0.717) is 0 Å². The molecule has 3 heteroatoms. The molecule has 1 aliphatic heterocycles. The van der Waals surface area contributed by atoms with Gasteiger partial charge in [-0.1, -0.05) is 43.3 Å². The average Bonchev–Trinajstić information content (AvgIpc) is 3.16. The summed E-state index contributed by atoms with van der Waals surface area (Å²) in [5.74, 6) is 0.851. The second-order valence-corrected chi connectivity index (χ2v) is 8.06. The van der Waals surface area contributed by atoms with Crippen LogP contribution in [0, 0.1) is 17.2 Å². The van der Waals surface area contributed by atoms with Gasteiger partial charge in [-0.15, -0.1) is 11.3 Å². The number of nitriles is 1. The van der Waals surface area contributed by atoms with E-state index >= 15 is 0 Å². The largest absolute Gasteiger partial charge is 0.303 e. The third-order valence-corrected chi connectivity index (χ3v) is 6.36. The van der Waals surface area contributed by atoms with Crippen molar-refractivity contribution in [3.8, 4) is 6.07 Å². The minimum atomic E-state index is -0.404. The molecule has 0 aliphatic carbocycles. The Morgan fingerprint density at radius 2 is 1.92 bits per heavy atom. The molecule has 1 aromatic heterocycles. The molecule has 1 saturated heterocycles. The van der Waals surface area contributed by atoms with Crippen molar-refractivity contribution in [2.24, 2.45) is 5.92 Å². The maximum atomic E-state index is 10.1. The zero-order chi connectivity index (χ0) is 16.8. The van der Waals surface area contributed by atoms with Crippen LogP contribution in [-0.2, 0) is 11.8 Å². The summed E-state index contributed by atoms with van der Waals surface area (Å²) in [6.07, 6.45) is 4.29. The van der Waals surface area contributed by atoms with Crippen LogP contribution in [0.25, 0.3) is 0 Å². The van der Waals surface area contributed by atoms with Crippen LogP contribution in [-0.4, -0.2) is 24.5 Å². The Morgan fingerprint density at radius 3 is 2.54 bits per heavy atom. The monoisotopic (exact) mass is 338 g/mol. The summed E-state index contributed by atoms with van der Waals surface area (Å²) < 4.78 is 0. The molecule has 0 bridgehead atoms. The smallest absolute Gasteiger partial charge is 0.0966 e. The second-order valence-electron chi connectivity index (χ2n) is 7.11. The summed E-state index contributed by atoms with van der Waals surface area (Å²) in [6.45, 7) is 5.72. The number of likely N-dealkylation sites (tertiary alicyclic amines) is 1. The third-order valence-electron chi connectivity index (χ3n) is 5.29. The molecular formula is C21H26N2S. The van der Waals surface area contributed by atoms with Crippen LogP contribution in [0.15, 0.2) is 47.8 Å². The Bertz CT molecular complexity index is 651. The van der Waals surface area contributed by atoms with Gasteiger partial charge in [0.1, 0.15) is 0 Å². The lowest BCUT2D eigenvalue weighted by atomic mass is 9.78. The molecule has 0 saturated carbocycles. The zero-order valence-electron chi connectivity index (χ0n) is 14.4. The first kappa shape index (κ1) is 17.2. The summed E-state index contributed by atoms with van der Waals surface area (Å²) >= 11 is 1.72. The molecule has 1 aliphatic rings. The van der Waals surface area contributed by atoms with E-state index in [4.69, 9.17) is 0 Å². The molecule has 2 nitrogen and oxygen atoms in total. The van der Waals surface area contributed by atoms with Gasteiger partial charge >= 0.3 is 0 Å². The van der Waals surface area contributed by atoms with Crippen molar-refractivity contribution in [1.82, 2.24) is 4.90 Å². The standard InChI is InChI=1S/C21H26N2S/c1-18-9-12-23(13-10-18)14-11-21(17-22,20-8-5-15-24-20)16-19-6-3-2-4-7-19/h2-8,15,18H,9-14,16H2,1H3. The molecule has 3 rings (SSSR count). The van der Waals surface area contributed by atoms with E-state index in [1.54, 1.807) is 11.3 Å².